The number of hydrogen-bond acceptors (Lipinski definition) is 3. The Morgan fingerprint density at radius 1 is 1.67 bits per heavy atom. The number of rotatable bonds is 3. The molecule has 0 bridgehead atoms. The summed E-state index contributed by atoms with van der Waals surface area (Å²) in [5.41, 5.74) is 4.17. The molecule has 0 saturated carbocycles. The SMILES string of the molecule is NCc1c(C(F)F)ncc(C(=O)O)c1Cl. The van der Waals surface area contributed by atoms with E-state index in [4.69, 9.17) is 22.4 Å². The maximum absolute atomic E-state index is 12.4. The maximum atomic E-state index is 12.4. The average Bonchev–Trinajstić information content (AvgIpc) is 2.16. The third-order valence-corrected chi connectivity index (χ3v) is 2.22. The monoisotopic (exact) mass is 236 g/mol. The number of alkyl halides is 2. The van der Waals surface area contributed by atoms with Crippen LogP contribution >= 0.6 is 11.6 Å². The molecule has 0 aliphatic carbocycles. The molecule has 1 aromatic rings. The van der Waals surface area contributed by atoms with Crippen molar-refractivity contribution in [2.75, 3.05) is 0 Å². The molecule has 0 aliphatic rings. The fourth-order valence-electron chi connectivity index (χ4n) is 1.08. The van der Waals surface area contributed by atoms with E-state index in [9.17, 15) is 13.6 Å². The Kier molecular flexibility index (Phi) is 3.54. The zero-order valence-corrected chi connectivity index (χ0v) is 8.13. The van der Waals surface area contributed by atoms with Gasteiger partial charge < -0.3 is 10.8 Å². The van der Waals surface area contributed by atoms with Crippen LogP contribution in [0.15, 0.2) is 6.20 Å². The van der Waals surface area contributed by atoms with Crippen LogP contribution in [0.2, 0.25) is 5.02 Å². The van der Waals surface area contributed by atoms with Gasteiger partial charge in [0.05, 0.1) is 10.6 Å². The van der Waals surface area contributed by atoms with Gasteiger partial charge >= 0.3 is 5.97 Å². The lowest BCUT2D eigenvalue weighted by Gasteiger charge is -2.09. The molecular formula is C8H7ClF2N2O2. The molecule has 7 heteroatoms. The summed E-state index contributed by atoms with van der Waals surface area (Å²) in [6, 6.07) is 0. The van der Waals surface area contributed by atoms with Crippen molar-refractivity contribution in [2.45, 2.75) is 13.0 Å². The van der Waals surface area contributed by atoms with Crippen LogP contribution in [0, 0.1) is 0 Å². The van der Waals surface area contributed by atoms with Crippen molar-refractivity contribution >= 4 is 17.6 Å². The molecule has 0 fully saturated rings. The van der Waals surface area contributed by atoms with Crippen molar-refractivity contribution in [3.05, 3.63) is 28.0 Å². The first kappa shape index (κ1) is 11.8. The number of carboxylic acids is 1. The highest BCUT2D eigenvalue weighted by atomic mass is 35.5. The van der Waals surface area contributed by atoms with E-state index >= 15 is 0 Å². The average molecular weight is 237 g/mol. The van der Waals surface area contributed by atoms with Gasteiger partial charge in [-0.25, -0.2) is 13.6 Å². The smallest absolute Gasteiger partial charge is 0.338 e. The first-order valence-corrected chi connectivity index (χ1v) is 4.25. The molecule has 0 spiro atoms. The third kappa shape index (κ3) is 2.21. The Bertz CT molecular complexity index is 398. The Balaban J connectivity index is 3.39. The lowest BCUT2D eigenvalue weighted by Crippen LogP contribution is -2.10. The topological polar surface area (TPSA) is 76.2 Å². The molecule has 0 radical (unpaired) electrons. The van der Waals surface area contributed by atoms with Gasteiger partial charge in [-0.3, -0.25) is 4.98 Å². The van der Waals surface area contributed by atoms with E-state index in [-0.39, 0.29) is 22.7 Å². The standard InChI is InChI=1S/C8H7ClF2N2O2/c9-5-3(1-12)6(7(10)11)13-2-4(5)8(14)15/h2,7H,1,12H2,(H,14,15). The van der Waals surface area contributed by atoms with Crippen LogP contribution in [0.25, 0.3) is 0 Å². The van der Waals surface area contributed by atoms with Gasteiger partial charge in [-0.05, 0) is 0 Å². The molecule has 1 heterocycles. The van der Waals surface area contributed by atoms with Crippen molar-refractivity contribution < 1.29 is 18.7 Å². The molecule has 1 aromatic heterocycles. The lowest BCUT2D eigenvalue weighted by atomic mass is 10.1. The van der Waals surface area contributed by atoms with Crippen molar-refractivity contribution in [3.8, 4) is 0 Å². The molecule has 1 rings (SSSR count). The van der Waals surface area contributed by atoms with E-state index in [0.717, 1.165) is 6.20 Å². The Labute approximate surface area is 88.7 Å². The first-order valence-electron chi connectivity index (χ1n) is 3.87. The van der Waals surface area contributed by atoms with Gasteiger partial charge in [-0.2, -0.15) is 0 Å². The number of aromatic carboxylic acids is 1. The van der Waals surface area contributed by atoms with Gasteiger partial charge in [0.2, 0.25) is 0 Å². The summed E-state index contributed by atoms with van der Waals surface area (Å²) in [6.07, 6.45) is -2.03. The minimum Gasteiger partial charge on any atom is -0.478 e. The molecule has 0 unspecified atom stereocenters. The predicted molar refractivity (Wildman–Crippen MR) is 49.1 cm³/mol. The fraction of sp³-hybridized carbons (Fsp3) is 0.250. The molecule has 0 aromatic carbocycles. The van der Waals surface area contributed by atoms with Crippen LogP contribution in [-0.2, 0) is 6.54 Å². The molecule has 3 N–H and O–H groups in total. The van der Waals surface area contributed by atoms with Crippen molar-refractivity contribution in [3.63, 3.8) is 0 Å². The fourth-order valence-corrected chi connectivity index (χ4v) is 1.38. The zero-order chi connectivity index (χ0) is 11.6. The van der Waals surface area contributed by atoms with Gasteiger partial charge in [-0.1, -0.05) is 11.6 Å². The van der Waals surface area contributed by atoms with Crippen molar-refractivity contribution in [1.82, 2.24) is 4.98 Å². The van der Waals surface area contributed by atoms with Crippen LogP contribution in [-0.4, -0.2) is 16.1 Å². The second-order valence-electron chi connectivity index (χ2n) is 2.66. The van der Waals surface area contributed by atoms with Crippen LogP contribution in [0.3, 0.4) is 0 Å². The molecule has 82 valence electrons. The summed E-state index contributed by atoms with van der Waals surface area (Å²) < 4.78 is 24.8. The number of hydrogen-bond donors (Lipinski definition) is 2. The van der Waals surface area contributed by atoms with Crippen molar-refractivity contribution in [1.29, 1.82) is 0 Å². The summed E-state index contributed by atoms with van der Waals surface area (Å²) in [5, 5.41) is 8.38. The highest BCUT2D eigenvalue weighted by molar-refractivity contribution is 6.34. The number of nitrogens with two attached hydrogens (primary N) is 1. The number of aromatic nitrogens is 1. The number of halogens is 3. The molecule has 4 nitrogen and oxygen atoms in total. The predicted octanol–water partition coefficient (Wildman–Crippen LogP) is 1.83. The van der Waals surface area contributed by atoms with Gasteiger partial charge in [0, 0.05) is 18.3 Å². The third-order valence-electron chi connectivity index (χ3n) is 1.78. The molecule has 0 aliphatic heterocycles. The Morgan fingerprint density at radius 3 is 2.67 bits per heavy atom. The van der Waals surface area contributed by atoms with Crippen LogP contribution in [0.1, 0.15) is 28.0 Å². The summed E-state index contributed by atoms with van der Waals surface area (Å²) in [7, 11) is 0. The van der Waals surface area contributed by atoms with E-state index in [0.29, 0.717) is 0 Å². The number of nitrogens with zero attached hydrogens (tertiary/aromatic N) is 1. The Morgan fingerprint density at radius 2 is 2.27 bits per heavy atom. The van der Waals surface area contributed by atoms with Crippen LogP contribution in [0.4, 0.5) is 8.78 Å². The summed E-state index contributed by atoms with van der Waals surface area (Å²) >= 11 is 5.62. The molecule has 0 saturated heterocycles. The highest BCUT2D eigenvalue weighted by Crippen LogP contribution is 2.28. The molecular weight excluding hydrogens is 230 g/mol. The summed E-state index contributed by atoms with van der Waals surface area (Å²) in [5.74, 6) is -1.33. The second kappa shape index (κ2) is 4.50. The quantitative estimate of drug-likeness (QED) is 0.839. The number of pyridine rings is 1. The van der Waals surface area contributed by atoms with Crippen LogP contribution in [0.5, 0.6) is 0 Å². The minimum atomic E-state index is -2.83. The minimum absolute atomic E-state index is 0.133. The van der Waals surface area contributed by atoms with Gasteiger partial charge in [0.1, 0.15) is 5.69 Å². The summed E-state index contributed by atoms with van der Waals surface area (Å²) in [4.78, 5) is 14.0. The largest absolute Gasteiger partial charge is 0.478 e. The van der Waals surface area contributed by atoms with Gasteiger partial charge in [0.25, 0.3) is 6.43 Å². The summed E-state index contributed by atoms with van der Waals surface area (Å²) in [6.45, 7) is -0.285. The Hall–Kier alpha value is -1.27. The lowest BCUT2D eigenvalue weighted by molar-refractivity contribution is 0.0695. The van der Waals surface area contributed by atoms with Crippen molar-refractivity contribution in [2.24, 2.45) is 5.73 Å². The number of carbonyl (C=O) groups is 1. The zero-order valence-electron chi connectivity index (χ0n) is 7.38. The molecule has 0 amide bonds. The van der Waals surface area contributed by atoms with Crippen LogP contribution < -0.4 is 5.73 Å². The second-order valence-corrected chi connectivity index (χ2v) is 3.04. The van der Waals surface area contributed by atoms with E-state index in [2.05, 4.69) is 4.98 Å². The molecule has 0 atom stereocenters. The van der Waals surface area contributed by atoms with E-state index in [1.807, 2.05) is 0 Å². The van der Waals surface area contributed by atoms with Gasteiger partial charge in [-0.15, -0.1) is 0 Å². The number of carboxylic acid groups (broad SMARTS) is 1. The van der Waals surface area contributed by atoms with E-state index in [1.54, 1.807) is 0 Å². The first-order chi connectivity index (χ1) is 6.99. The maximum Gasteiger partial charge on any atom is 0.338 e. The van der Waals surface area contributed by atoms with E-state index < -0.39 is 18.1 Å². The normalized spacial score (nSPS) is 10.7. The molecule has 15 heavy (non-hydrogen) atoms. The highest BCUT2D eigenvalue weighted by Gasteiger charge is 2.21. The van der Waals surface area contributed by atoms with Gasteiger partial charge in [0.15, 0.2) is 0 Å². The van der Waals surface area contributed by atoms with E-state index in [1.165, 1.54) is 0 Å².